The number of thioether (sulfide) groups is 1. The van der Waals surface area contributed by atoms with E-state index >= 15 is 0 Å². The lowest BCUT2D eigenvalue weighted by molar-refractivity contribution is 0.539. The number of thiocarbonyl (C=S) groups is 1. The molecule has 0 atom stereocenters. The summed E-state index contributed by atoms with van der Waals surface area (Å²) >= 11 is 6.67. The lowest BCUT2D eigenvalue weighted by atomic mass is 10.4. The van der Waals surface area contributed by atoms with Gasteiger partial charge >= 0.3 is 0 Å². The van der Waals surface area contributed by atoms with Crippen LogP contribution in [0.1, 0.15) is 12.8 Å². The van der Waals surface area contributed by atoms with Crippen molar-refractivity contribution in [2.45, 2.75) is 12.8 Å². The first-order valence-corrected chi connectivity index (χ1v) is 8.04. The summed E-state index contributed by atoms with van der Waals surface area (Å²) in [4.78, 5) is 2.16. The summed E-state index contributed by atoms with van der Waals surface area (Å²) in [5.74, 6) is 0.791. The zero-order valence-electron chi connectivity index (χ0n) is 8.23. The monoisotopic (exact) mass is 253 g/mol. The zero-order valence-corrected chi connectivity index (χ0v) is 10.7. The van der Waals surface area contributed by atoms with Crippen LogP contribution in [0.2, 0.25) is 0 Å². The van der Waals surface area contributed by atoms with Crippen LogP contribution < -0.4 is 0 Å². The van der Waals surface area contributed by atoms with Gasteiger partial charge in [-0.15, -0.1) is 0 Å². The van der Waals surface area contributed by atoms with Crippen molar-refractivity contribution in [1.82, 2.24) is 4.90 Å². The number of sulfone groups is 1. The number of rotatable bonds is 3. The average molecular weight is 253 g/mol. The van der Waals surface area contributed by atoms with E-state index < -0.39 is 9.84 Å². The molecule has 1 saturated heterocycles. The average Bonchev–Trinajstić information content (AvgIpc) is 2.53. The molecule has 0 saturated carbocycles. The van der Waals surface area contributed by atoms with Gasteiger partial charge in [0, 0.05) is 25.1 Å². The van der Waals surface area contributed by atoms with Gasteiger partial charge in [0.1, 0.15) is 14.2 Å². The van der Waals surface area contributed by atoms with Gasteiger partial charge in [0.2, 0.25) is 0 Å². The Balaban J connectivity index is 2.21. The van der Waals surface area contributed by atoms with E-state index in [1.54, 1.807) is 0 Å². The first-order valence-electron chi connectivity index (χ1n) is 4.58. The summed E-state index contributed by atoms with van der Waals surface area (Å²) in [6.07, 6.45) is 3.66. The van der Waals surface area contributed by atoms with Crippen molar-refractivity contribution in [2.75, 3.05) is 30.9 Å². The van der Waals surface area contributed by atoms with Crippen LogP contribution in [-0.4, -0.2) is 48.5 Å². The molecule has 0 radical (unpaired) electrons. The predicted molar refractivity (Wildman–Crippen MR) is 65.6 cm³/mol. The molecule has 0 aliphatic carbocycles. The molecule has 0 aromatic carbocycles. The van der Waals surface area contributed by atoms with Gasteiger partial charge in [0.25, 0.3) is 0 Å². The molecule has 1 aliphatic rings. The zero-order chi connectivity index (χ0) is 10.6. The Hall–Kier alpha value is 0.190. The molecule has 0 amide bonds. The highest BCUT2D eigenvalue weighted by Gasteiger charge is 2.15. The van der Waals surface area contributed by atoms with Gasteiger partial charge in [-0.2, -0.15) is 0 Å². The highest BCUT2D eigenvalue weighted by atomic mass is 32.2. The molecule has 1 fully saturated rings. The molecule has 0 aromatic heterocycles. The van der Waals surface area contributed by atoms with Crippen molar-refractivity contribution in [3.63, 3.8) is 0 Å². The fourth-order valence-corrected chi connectivity index (χ4v) is 3.79. The topological polar surface area (TPSA) is 37.4 Å². The van der Waals surface area contributed by atoms with Crippen LogP contribution in [0, 0.1) is 0 Å². The van der Waals surface area contributed by atoms with Crippen molar-refractivity contribution in [1.29, 1.82) is 0 Å². The summed E-state index contributed by atoms with van der Waals surface area (Å²) in [5, 5.41) is 0. The Bertz CT molecular complexity index is 294. The molecule has 0 unspecified atom stereocenters. The van der Waals surface area contributed by atoms with Gasteiger partial charge in [-0.1, -0.05) is 24.0 Å². The number of hydrogen-bond donors (Lipinski definition) is 0. The predicted octanol–water partition coefficient (Wildman–Crippen LogP) is 1.14. The molecule has 6 heteroatoms. The maximum atomic E-state index is 10.9. The molecule has 82 valence electrons. The minimum absolute atomic E-state index is 0.214. The van der Waals surface area contributed by atoms with Crippen LogP contribution in [-0.2, 0) is 9.84 Å². The lowest BCUT2D eigenvalue weighted by Gasteiger charge is -2.17. The van der Waals surface area contributed by atoms with E-state index in [1.165, 1.54) is 30.9 Å². The molecule has 1 aliphatic heterocycles. The lowest BCUT2D eigenvalue weighted by Crippen LogP contribution is -2.24. The maximum absolute atomic E-state index is 10.9. The minimum atomic E-state index is -2.84. The van der Waals surface area contributed by atoms with Gasteiger partial charge in [-0.05, 0) is 12.8 Å². The molecular weight excluding hydrogens is 238 g/mol. The summed E-state index contributed by atoms with van der Waals surface area (Å²) < 4.78 is 22.6. The summed E-state index contributed by atoms with van der Waals surface area (Å²) in [6.45, 7) is 2.06. The summed E-state index contributed by atoms with van der Waals surface area (Å²) in [6, 6.07) is 0. The van der Waals surface area contributed by atoms with E-state index in [9.17, 15) is 8.42 Å². The van der Waals surface area contributed by atoms with Crippen molar-refractivity contribution in [2.24, 2.45) is 0 Å². The van der Waals surface area contributed by atoms with E-state index in [0.717, 1.165) is 17.4 Å². The van der Waals surface area contributed by atoms with E-state index in [2.05, 4.69) is 4.90 Å². The molecule has 0 spiro atoms. The second kappa shape index (κ2) is 5.32. The van der Waals surface area contributed by atoms with Crippen LogP contribution in [0.4, 0.5) is 0 Å². The van der Waals surface area contributed by atoms with E-state index in [0.29, 0.717) is 5.75 Å². The van der Waals surface area contributed by atoms with Gasteiger partial charge in [-0.3, -0.25) is 0 Å². The summed E-state index contributed by atoms with van der Waals surface area (Å²) in [5.41, 5.74) is 0. The third-order valence-corrected chi connectivity index (χ3v) is 4.77. The third-order valence-electron chi connectivity index (χ3n) is 2.04. The quantitative estimate of drug-likeness (QED) is 0.705. The van der Waals surface area contributed by atoms with Crippen LogP contribution in [0.5, 0.6) is 0 Å². The van der Waals surface area contributed by atoms with E-state index in [-0.39, 0.29) is 5.75 Å². The highest BCUT2D eigenvalue weighted by molar-refractivity contribution is 8.23. The largest absolute Gasteiger partial charge is 0.358 e. The Labute approximate surface area is 95.2 Å². The van der Waals surface area contributed by atoms with Crippen LogP contribution in [0.15, 0.2) is 0 Å². The van der Waals surface area contributed by atoms with Crippen LogP contribution in [0.25, 0.3) is 0 Å². The minimum Gasteiger partial charge on any atom is -0.358 e. The number of hydrogen-bond acceptors (Lipinski definition) is 4. The van der Waals surface area contributed by atoms with Gasteiger partial charge in [-0.25, -0.2) is 8.42 Å². The number of nitrogens with zero attached hydrogens (tertiary/aromatic N) is 1. The third kappa shape index (κ3) is 4.61. The Morgan fingerprint density at radius 3 is 2.50 bits per heavy atom. The van der Waals surface area contributed by atoms with E-state index in [1.807, 2.05) is 0 Å². The number of likely N-dealkylation sites (tertiary alicyclic amines) is 1. The molecule has 14 heavy (non-hydrogen) atoms. The SMILES string of the molecule is CS(=O)(=O)CCSC(=S)N1CCCC1. The molecular formula is C8H15NO2S3. The fourth-order valence-electron chi connectivity index (χ4n) is 1.27. The molecule has 3 nitrogen and oxygen atoms in total. The van der Waals surface area contributed by atoms with Crippen molar-refractivity contribution < 1.29 is 8.42 Å². The second-order valence-corrected chi connectivity index (χ2v) is 7.43. The molecule has 0 N–H and O–H groups in total. The normalized spacial score (nSPS) is 17.4. The molecule has 0 aromatic rings. The Morgan fingerprint density at radius 2 is 2.00 bits per heavy atom. The van der Waals surface area contributed by atoms with Crippen LogP contribution >= 0.6 is 24.0 Å². The molecule has 1 rings (SSSR count). The van der Waals surface area contributed by atoms with Gasteiger partial charge < -0.3 is 4.90 Å². The highest BCUT2D eigenvalue weighted by Crippen LogP contribution is 2.16. The fraction of sp³-hybridized carbons (Fsp3) is 0.875. The molecule has 0 bridgehead atoms. The second-order valence-electron chi connectivity index (χ2n) is 3.44. The summed E-state index contributed by atoms with van der Waals surface area (Å²) in [7, 11) is -2.84. The Morgan fingerprint density at radius 1 is 1.43 bits per heavy atom. The van der Waals surface area contributed by atoms with Crippen molar-refractivity contribution in [3.05, 3.63) is 0 Å². The van der Waals surface area contributed by atoms with E-state index in [4.69, 9.17) is 12.2 Å². The van der Waals surface area contributed by atoms with Crippen molar-refractivity contribution >= 4 is 38.1 Å². The van der Waals surface area contributed by atoms with Gasteiger partial charge in [0.05, 0.1) is 5.75 Å². The Kier molecular flexibility index (Phi) is 4.66. The van der Waals surface area contributed by atoms with Gasteiger partial charge in [0.15, 0.2) is 0 Å². The smallest absolute Gasteiger partial charge is 0.148 e. The molecule has 1 heterocycles. The first kappa shape index (κ1) is 12.3. The van der Waals surface area contributed by atoms with Crippen LogP contribution in [0.3, 0.4) is 0 Å². The van der Waals surface area contributed by atoms with Crippen molar-refractivity contribution in [3.8, 4) is 0 Å². The first-order chi connectivity index (χ1) is 6.49. The maximum Gasteiger partial charge on any atom is 0.148 e. The standard InChI is InChI=1S/C8H15NO2S3/c1-14(10,11)7-6-13-8(12)9-4-2-3-5-9/h2-7H2,1H3.